The van der Waals surface area contributed by atoms with Crippen LogP contribution < -0.4 is 10.6 Å². The number of pyridine rings is 1. The molecule has 2 aromatic heterocycles. The highest BCUT2D eigenvalue weighted by Gasteiger charge is 2.12. The number of carbonyl (C=O) groups is 2. The van der Waals surface area contributed by atoms with Gasteiger partial charge in [-0.2, -0.15) is 0 Å². The second-order valence-corrected chi connectivity index (χ2v) is 5.92. The molecular formula is C19H16ClN3O3. The quantitative estimate of drug-likeness (QED) is 0.698. The molecule has 1 aromatic carbocycles. The summed E-state index contributed by atoms with van der Waals surface area (Å²) in [7, 11) is 0. The molecule has 0 unspecified atom stereocenters. The Balaban J connectivity index is 1.59. The number of carbonyl (C=O) groups excluding carboxylic acids is 2. The molecule has 26 heavy (non-hydrogen) atoms. The van der Waals surface area contributed by atoms with Crippen molar-refractivity contribution in [1.29, 1.82) is 0 Å². The molecule has 0 bridgehead atoms. The van der Waals surface area contributed by atoms with Gasteiger partial charge in [0.25, 0.3) is 11.8 Å². The largest absolute Gasteiger partial charge is 0.467 e. The third-order valence-corrected chi connectivity index (χ3v) is 3.84. The molecule has 3 rings (SSSR count). The zero-order valence-electron chi connectivity index (χ0n) is 13.7. The molecular weight excluding hydrogens is 354 g/mol. The van der Waals surface area contributed by atoms with E-state index >= 15 is 0 Å². The SMILES string of the molecule is O=C(NCc1ccc(Cl)cc1)c1cccc(C(=O)NCc2ccco2)n1. The maximum Gasteiger partial charge on any atom is 0.270 e. The molecule has 0 spiro atoms. The van der Waals surface area contributed by atoms with Gasteiger partial charge in [-0.15, -0.1) is 0 Å². The lowest BCUT2D eigenvalue weighted by Crippen LogP contribution is -2.27. The lowest BCUT2D eigenvalue weighted by molar-refractivity contribution is 0.0939. The average molecular weight is 370 g/mol. The van der Waals surface area contributed by atoms with Crippen molar-refractivity contribution < 1.29 is 14.0 Å². The van der Waals surface area contributed by atoms with Crippen LogP contribution in [0.15, 0.2) is 65.3 Å². The number of amides is 2. The minimum atomic E-state index is -0.381. The Morgan fingerprint density at radius 2 is 1.54 bits per heavy atom. The van der Waals surface area contributed by atoms with Crippen LogP contribution in [0.1, 0.15) is 32.3 Å². The molecule has 0 aliphatic rings. The summed E-state index contributed by atoms with van der Waals surface area (Å²) in [6.45, 7) is 0.590. The van der Waals surface area contributed by atoms with Crippen LogP contribution in [0.3, 0.4) is 0 Å². The van der Waals surface area contributed by atoms with Crippen LogP contribution in [-0.2, 0) is 13.1 Å². The van der Waals surface area contributed by atoms with Crippen molar-refractivity contribution in [2.24, 2.45) is 0 Å². The second-order valence-electron chi connectivity index (χ2n) is 5.48. The highest BCUT2D eigenvalue weighted by Crippen LogP contribution is 2.09. The van der Waals surface area contributed by atoms with Crippen molar-refractivity contribution in [3.63, 3.8) is 0 Å². The van der Waals surface area contributed by atoms with Gasteiger partial charge < -0.3 is 15.1 Å². The highest BCUT2D eigenvalue weighted by molar-refractivity contribution is 6.30. The summed E-state index contributed by atoms with van der Waals surface area (Å²) in [5.41, 5.74) is 1.25. The van der Waals surface area contributed by atoms with Crippen LogP contribution in [0, 0.1) is 0 Å². The minimum Gasteiger partial charge on any atom is -0.467 e. The zero-order valence-corrected chi connectivity index (χ0v) is 14.5. The van der Waals surface area contributed by atoms with Gasteiger partial charge in [0.15, 0.2) is 0 Å². The van der Waals surface area contributed by atoms with Crippen LogP contribution in [0.25, 0.3) is 0 Å². The molecule has 0 aliphatic carbocycles. The predicted molar refractivity (Wildman–Crippen MR) is 96.7 cm³/mol. The smallest absolute Gasteiger partial charge is 0.270 e. The summed E-state index contributed by atoms with van der Waals surface area (Å²) in [5, 5.41) is 6.09. The number of hydrogen-bond donors (Lipinski definition) is 2. The number of furan rings is 1. The number of aromatic nitrogens is 1. The second kappa shape index (κ2) is 8.31. The molecule has 0 radical (unpaired) electrons. The first-order valence-corrected chi connectivity index (χ1v) is 8.30. The molecule has 0 atom stereocenters. The molecule has 3 aromatic rings. The Morgan fingerprint density at radius 1 is 0.885 bits per heavy atom. The summed E-state index contributed by atoms with van der Waals surface area (Å²) in [5.74, 6) is -0.107. The molecule has 2 amide bonds. The predicted octanol–water partition coefficient (Wildman–Crippen LogP) is 3.19. The molecule has 132 valence electrons. The Kier molecular flexibility index (Phi) is 5.66. The summed E-state index contributed by atoms with van der Waals surface area (Å²) < 4.78 is 5.16. The number of rotatable bonds is 6. The van der Waals surface area contributed by atoms with Gasteiger partial charge in [0, 0.05) is 11.6 Å². The normalized spacial score (nSPS) is 10.3. The van der Waals surface area contributed by atoms with E-state index in [9.17, 15) is 9.59 Å². The van der Waals surface area contributed by atoms with E-state index in [-0.39, 0.29) is 29.7 Å². The van der Waals surface area contributed by atoms with E-state index in [4.69, 9.17) is 16.0 Å². The molecule has 7 heteroatoms. The van der Waals surface area contributed by atoms with Crippen molar-refractivity contribution in [1.82, 2.24) is 15.6 Å². The van der Waals surface area contributed by atoms with E-state index in [1.807, 2.05) is 12.1 Å². The van der Waals surface area contributed by atoms with Crippen LogP contribution in [0.2, 0.25) is 5.02 Å². The standard InChI is InChI=1S/C19H16ClN3O3/c20-14-8-6-13(7-9-14)11-21-18(24)16-4-1-5-17(23-16)19(25)22-12-15-3-2-10-26-15/h1-10H,11-12H2,(H,21,24)(H,22,25). The Morgan fingerprint density at radius 3 is 2.15 bits per heavy atom. The van der Waals surface area contributed by atoms with Gasteiger partial charge >= 0.3 is 0 Å². The van der Waals surface area contributed by atoms with Gasteiger partial charge in [0.1, 0.15) is 17.1 Å². The van der Waals surface area contributed by atoms with Crippen LogP contribution in [-0.4, -0.2) is 16.8 Å². The monoisotopic (exact) mass is 369 g/mol. The maximum atomic E-state index is 12.3. The van der Waals surface area contributed by atoms with E-state index in [2.05, 4.69) is 15.6 Å². The van der Waals surface area contributed by atoms with Crippen molar-refractivity contribution in [3.8, 4) is 0 Å². The van der Waals surface area contributed by atoms with Crippen molar-refractivity contribution in [2.75, 3.05) is 0 Å². The molecule has 0 aliphatic heterocycles. The molecule has 0 fully saturated rings. The van der Waals surface area contributed by atoms with Crippen molar-refractivity contribution >= 4 is 23.4 Å². The van der Waals surface area contributed by atoms with Crippen LogP contribution >= 0.6 is 11.6 Å². The fourth-order valence-corrected chi connectivity index (χ4v) is 2.36. The molecule has 2 heterocycles. The topological polar surface area (TPSA) is 84.2 Å². The minimum absolute atomic E-state index is 0.163. The lowest BCUT2D eigenvalue weighted by Gasteiger charge is -2.07. The summed E-state index contributed by atoms with van der Waals surface area (Å²) in [6.07, 6.45) is 1.53. The van der Waals surface area contributed by atoms with Crippen LogP contribution in [0.4, 0.5) is 0 Å². The zero-order chi connectivity index (χ0) is 18.4. The summed E-state index contributed by atoms with van der Waals surface area (Å²) >= 11 is 5.83. The Bertz CT molecular complexity index is 893. The first-order chi connectivity index (χ1) is 12.6. The maximum absolute atomic E-state index is 12.3. The first-order valence-electron chi connectivity index (χ1n) is 7.92. The molecule has 0 saturated carbocycles. The summed E-state index contributed by atoms with van der Waals surface area (Å²) in [4.78, 5) is 28.5. The van der Waals surface area contributed by atoms with Gasteiger partial charge in [-0.3, -0.25) is 9.59 Å². The Labute approximate surface area is 155 Å². The van der Waals surface area contributed by atoms with Crippen molar-refractivity contribution in [3.05, 3.63) is 88.6 Å². The van der Waals surface area contributed by atoms with E-state index in [0.29, 0.717) is 17.3 Å². The summed E-state index contributed by atoms with van der Waals surface area (Å²) in [6, 6.07) is 15.4. The third kappa shape index (κ3) is 4.70. The van der Waals surface area contributed by atoms with Gasteiger partial charge in [0.05, 0.1) is 12.8 Å². The number of nitrogens with zero attached hydrogens (tertiary/aromatic N) is 1. The average Bonchev–Trinajstić information content (AvgIpc) is 3.19. The van der Waals surface area contributed by atoms with Gasteiger partial charge in [-0.25, -0.2) is 4.98 Å². The number of halogens is 1. The van der Waals surface area contributed by atoms with Gasteiger partial charge in [-0.05, 0) is 42.0 Å². The van der Waals surface area contributed by atoms with Gasteiger partial charge in [0.2, 0.25) is 0 Å². The first kappa shape index (κ1) is 17.7. The fourth-order valence-electron chi connectivity index (χ4n) is 2.23. The van der Waals surface area contributed by atoms with E-state index < -0.39 is 0 Å². The number of benzene rings is 1. The lowest BCUT2D eigenvalue weighted by atomic mass is 10.2. The van der Waals surface area contributed by atoms with E-state index in [1.54, 1.807) is 42.5 Å². The molecule has 2 N–H and O–H groups in total. The van der Waals surface area contributed by atoms with Crippen LogP contribution in [0.5, 0.6) is 0 Å². The molecule has 6 nitrogen and oxygen atoms in total. The number of nitrogens with one attached hydrogen (secondary N) is 2. The fraction of sp³-hybridized carbons (Fsp3) is 0.105. The molecule has 0 saturated heterocycles. The van der Waals surface area contributed by atoms with E-state index in [1.165, 1.54) is 6.26 Å². The van der Waals surface area contributed by atoms with E-state index in [0.717, 1.165) is 5.56 Å². The van der Waals surface area contributed by atoms with Crippen molar-refractivity contribution in [2.45, 2.75) is 13.1 Å². The highest BCUT2D eigenvalue weighted by atomic mass is 35.5. The third-order valence-electron chi connectivity index (χ3n) is 3.58. The number of hydrogen-bond acceptors (Lipinski definition) is 4. The van der Waals surface area contributed by atoms with Gasteiger partial charge in [-0.1, -0.05) is 29.8 Å². The Hall–Kier alpha value is -3.12.